The lowest BCUT2D eigenvalue weighted by atomic mass is 10.1. The van der Waals surface area contributed by atoms with Gasteiger partial charge in [0.2, 0.25) is 11.6 Å². The Balaban J connectivity index is 1.84. The molecule has 0 saturated carbocycles. The van der Waals surface area contributed by atoms with Gasteiger partial charge in [-0.05, 0) is 23.3 Å². The zero-order valence-corrected chi connectivity index (χ0v) is 16.6. The van der Waals surface area contributed by atoms with Crippen LogP contribution in [0.15, 0.2) is 60.4 Å². The number of esters is 1. The molecule has 2 aromatic carbocycles. The van der Waals surface area contributed by atoms with Crippen LogP contribution in [-0.4, -0.2) is 27.9 Å². The van der Waals surface area contributed by atoms with Crippen molar-refractivity contribution in [2.24, 2.45) is 0 Å². The molecule has 0 amide bonds. The maximum atomic E-state index is 12.5. The average Bonchev–Trinajstić information content (AvgIpc) is 3.01. The summed E-state index contributed by atoms with van der Waals surface area (Å²) in [6, 6.07) is 17.0. The number of nitrogens with zero attached hydrogens (tertiary/aromatic N) is 2. The molecule has 0 aliphatic carbocycles. The van der Waals surface area contributed by atoms with Crippen LogP contribution in [0.25, 0.3) is 6.08 Å². The first-order valence-electron chi connectivity index (χ1n) is 8.76. The Bertz CT molecular complexity index is 1150. The second-order valence-electron chi connectivity index (χ2n) is 6.18. The Hall–Kier alpha value is -3.89. The van der Waals surface area contributed by atoms with E-state index in [1.807, 2.05) is 36.4 Å². The molecule has 152 valence electrons. The summed E-state index contributed by atoms with van der Waals surface area (Å²) in [5, 5.41) is 29.7. The Morgan fingerprint density at radius 3 is 2.60 bits per heavy atom. The lowest BCUT2D eigenvalue weighted by Crippen LogP contribution is -2.12. The van der Waals surface area contributed by atoms with Crippen molar-refractivity contribution < 1.29 is 24.5 Å². The van der Waals surface area contributed by atoms with E-state index in [-0.39, 0.29) is 34.5 Å². The Kier molecular flexibility index (Phi) is 6.30. The van der Waals surface area contributed by atoms with E-state index in [1.54, 1.807) is 18.2 Å². The molecule has 0 atom stereocenters. The average molecular weight is 425 g/mol. The Morgan fingerprint density at radius 1 is 1.20 bits per heavy atom. The molecular weight excluding hydrogens is 408 g/mol. The molecule has 0 spiro atoms. The van der Waals surface area contributed by atoms with Crippen LogP contribution >= 0.6 is 11.6 Å². The third-order valence-corrected chi connectivity index (χ3v) is 4.68. The molecule has 1 heterocycles. The van der Waals surface area contributed by atoms with Gasteiger partial charge in [0.25, 0.3) is 0 Å². The normalized spacial score (nSPS) is 11.0. The van der Waals surface area contributed by atoms with Crippen LogP contribution in [0.2, 0.25) is 5.02 Å². The van der Waals surface area contributed by atoms with Crippen molar-refractivity contribution in [2.45, 2.75) is 6.54 Å². The summed E-state index contributed by atoms with van der Waals surface area (Å²) in [5.74, 6) is -2.03. The molecule has 0 unspecified atom stereocenters. The lowest BCUT2D eigenvalue weighted by Gasteiger charge is -2.09. The molecule has 0 bridgehead atoms. The van der Waals surface area contributed by atoms with E-state index in [9.17, 15) is 15.0 Å². The van der Waals surface area contributed by atoms with Gasteiger partial charge in [-0.3, -0.25) is 4.57 Å². The monoisotopic (exact) mass is 424 g/mol. The van der Waals surface area contributed by atoms with Crippen LogP contribution in [0.5, 0.6) is 17.5 Å². The topological polar surface area (TPSA) is 105 Å². The molecule has 7 nitrogen and oxygen atoms in total. The van der Waals surface area contributed by atoms with Gasteiger partial charge in [0, 0.05) is 6.07 Å². The zero-order valence-electron chi connectivity index (χ0n) is 15.9. The number of ether oxygens (including phenoxy) is 2. The number of carbonyl (C=O) groups is 1. The van der Waals surface area contributed by atoms with Gasteiger partial charge >= 0.3 is 5.97 Å². The maximum Gasteiger partial charge on any atom is 0.379 e. The standard InChI is InChI=1S/C22H17ClN2O5/c1-29-18(10-15-8-5-9-16(12-24)20(15)23)22(28)30-17-11-19(26)25(21(17)27)13-14-6-3-2-4-7-14/h2-11,26-27H,13H2,1H3. The number of nitriles is 1. The van der Waals surface area contributed by atoms with Gasteiger partial charge in [0.1, 0.15) is 6.07 Å². The number of hydrogen-bond donors (Lipinski definition) is 2. The van der Waals surface area contributed by atoms with Gasteiger partial charge < -0.3 is 19.7 Å². The van der Waals surface area contributed by atoms with Gasteiger partial charge in [-0.1, -0.05) is 54.1 Å². The first kappa shape index (κ1) is 20.8. The number of carbonyl (C=O) groups excluding carboxylic acids is 1. The molecule has 0 radical (unpaired) electrons. The highest BCUT2D eigenvalue weighted by atomic mass is 35.5. The fourth-order valence-electron chi connectivity index (χ4n) is 2.74. The van der Waals surface area contributed by atoms with Crippen LogP contribution in [-0.2, 0) is 16.1 Å². The second kappa shape index (κ2) is 9.07. The number of aromatic hydroxyl groups is 2. The molecule has 8 heteroatoms. The Labute approximate surface area is 177 Å². The predicted molar refractivity (Wildman–Crippen MR) is 110 cm³/mol. The number of hydrogen-bond acceptors (Lipinski definition) is 6. The van der Waals surface area contributed by atoms with Crippen molar-refractivity contribution >= 4 is 23.6 Å². The first-order chi connectivity index (χ1) is 14.4. The van der Waals surface area contributed by atoms with E-state index in [0.29, 0.717) is 5.56 Å². The summed E-state index contributed by atoms with van der Waals surface area (Å²) in [7, 11) is 1.27. The lowest BCUT2D eigenvalue weighted by molar-refractivity contribution is -0.133. The van der Waals surface area contributed by atoms with E-state index >= 15 is 0 Å². The molecular formula is C22H17ClN2O5. The Morgan fingerprint density at radius 2 is 1.93 bits per heavy atom. The smallest absolute Gasteiger partial charge is 0.379 e. The maximum absolute atomic E-state index is 12.5. The van der Waals surface area contributed by atoms with Gasteiger partial charge in [-0.15, -0.1) is 0 Å². The fraction of sp³-hybridized carbons (Fsp3) is 0.0909. The largest absolute Gasteiger partial charge is 0.494 e. The summed E-state index contributed by atoms with van der Waals surface area (Å²) in [6.45, 7) is 0.180. The van der Waals surface area contributed by atoms with Crippen LogP contribution in [0, 0.1) is 11.3 Å². The highest BCUT2D eigenvalue weighted by molar-refractivity contribution is 6.33. The third kappa shape index (κ3) is 4.40. The minimum absolute atomic E-state index is 0.164. The number of rotatable bonds is 6. The fourth-order valence-corrected chi connectivity index (χ4v) is 2.96. The van der Waals surface area contributed by atoms with Gasteiger partial charge in [0.05, 0.1) is 24.2 Å². The SMILES string of the molecule is COC(=Cc1cccc(C#N)c1Cl)C(=O)Oc1cc(O)n(Cc2ccccc2)c1O. The van der Waals surface area contributed by atoms with Crippen LogP contribution in [0.3, 0.4) is 0 Å². The van der Waals surface area contributed by atoms with Crippen molar-refractivity contribution in [1.82, 2.24) is 4.57 Å². The quantitative estimate of drug-likeness (QED) is 0.351. The number of methoxy groups -OCH3 is 1. The second-order valence-corrected chi connectivity index (χ2v) is 6.56. The minimum atomic E-state index is -0.914. The van der Waals surface area contributed by atoms with E-state index in [2.05, 4.69) is 0 Å². The summed E-state index contributed by atoms with van der Waals surface area (Å²) >= 11 is 6.15. The summed E-state index contributed by atoms with van der Waals surface area (Å²) in [5.41, 5.74) is 1.47. The first-order valence-corrected chi connectivity index (χ1v) is 9.14. The van der Waals surface area contributed by atoms with Crippen molar-refractivity contribution in [1.29, 1.82) is 5.26 Å². The number of halogens is 1. The van der Waals surface area contributed by atoms with Gasteiger partial charge in [0.15, 0.2) is 11.6 Å². The van der Waals surface area contributed by atoms with Crippen LogP contribution < -0.4 is 4.74 Å². The van der Waals surface area contributed by atoms with Gasteiger partial charge in [-0.25, -0.2) is 4.79 Å². The van der Waals surface area contributed by atoms with Crippen LogP contribution in [0.4, 0.5) is 0 Å². The van der Waals surface area contributed by atoms with Crippen molar-refractivity contribution in [3.63, 3.8) is 0 Å². The molecule has 1 aromatic heterocycles. The molecule has 2 N–H and O–H groups in total. The van der Waals surface area contributed by atoms with E-state index in [1.165, 1.54) is 17.8 Å². The van der Waals surface area contributed by atoms with E-state index < -0.39 is 11.8 Å². The molecule has 3 aromatic rings. The third-order valence-electron chi connectivity index (χ3n) is 4.26. The minimum Gasteiger partial charge on any atom is -0.494 e. The molecule has 30 heavy (non-hydrogen) atoms. The van der Waals surface area contributed by atoms with Crippen molar-refractivity contribution in [2.75, 3.05) is 7.11 Å². The van der Waals surface area contributed by atoms with Crippen molar-refractivity contribution in [3.8, 4) is 23.6 Å². The molecule has 0 aliphatic rings. The highest BCUT2D eigenvalue weighted by Gasteiger charge is 2.21. The molecule has 0 saturated heterocycles. The zero-order chi connectivity index (χ0) is 21.7. The highest BCUT2D eigenvalue weighted by Crippen LogP contribution is 2.35. The van der Waals surface area contributed by atoms with E-state index in [4.69, 9.17) is 26.3 Å². The number of benzene rings is 2. The van der Waals surface area contributed by atoms with E-state index in [0.717, 1.165) is 11.6 Å². The summed E-state index contributed by atoms with van der Waals surface area (Å²) < 4.78 is 11.5. The predicted octanol–water partition coefficient (Wildman–Crippen LogP) is 4.07. The number of aromatic nitrogens is 1. The molecule has 0 fully saturated rings. The summed E-state index contributed by atoms with van der Waals surface area (Å²) in [6.07, 6.45) is 1.32. The van der Waals surface area contributed by atoms with Crippen LogP contribution in [0.1, 0.15) is 16.7 Å². The molecule has 3 rings (SSSR count). The van der Waals surface area contributed by atoms with Crippen molar-refractivity contribution in [3.05, 3.63) is 82.1 Å². The van der Waals surface area contributed by atoms with Gasteiger partial charge in [-0.2, -0.15) is 5.26 Å². The summed E-state index contributed by atoms with van der Waals surface area (Å²) in [4.78, 5) is 12.5. The molecule has 0 aliphatic heterocycles.